The topological polar surface area (TPSA) is 70.5 Å². The summed E-state index contributed by atoms with van der Waals surface area (Å²) in [5.74, 6) is -0.750. The van der Waals surface area contributed by atoms with E-state index in [9.17, 15) is 9.59 Å². The van der Waals surface area contributed by atoms with Gasteiger partial charge < -0.3 is 5.11 Å². The molecule has 1 N–H and O–H groups in total. The van der Waals surface area contributed by atoms with Crippen LogP contribution in [0.25, 0.3) is 0 Å². The number of nitrogens with zero attached hydrogens (tertiary/aromatic N) is 2. The Hall–Kier alpha value is -1.91. The highest BCUT2D eigenvalue weighted by Gasteiger charge is 2.37. The average molecular weight is 206 g/mol. The zero-order valence-electron chi connectivity index (χ0n) is 7.96. The first kappa shape index (κ1) is 9.64. The molecule has 1 aromatic rings. The standard InChI is InChI=1S/C10H10N2O3/c13-9-5-4-7(10(14)15)12(9)8-3-1-2-6-11-8/h1-3,6-7H,4-5H2,(H,14,15)/t7-/m1/s1. The van der Waals surface area contributed by atoms with Gasteiger partial charge in [-0.1, -0.05) is 6.07 Å². The molecule has 1 fully saturated rings. The van der Waals surface area contributed by atoms with Gasteiger partial charge in [0.1, 0.15) is 11.9 Å². The van der Waals surface area contributed by atoms with Gasteiger partial charge in [0.2, 0.25) is 5.91 Å². The van der Waals surface area contributed by atoms with Crippen LogP contribution in [0.2, 0.25) is 0 Å². The molecule has 1 aliphatic heterocycles. The highest BCUT2D eigenvalue weighted by Crippen LogP contribution is 2.24. The quantitative estimate of drug-likeness (QED) is 0.771. The maximum atomic E-state index is 11.5. The molecule has 0 radical (unpaired) electrons. The molecule has 0 aliphatic carbocycles. The molecule has 2 heterocycles. The van der Waals surface area contributed by atoms with Crippen LogP contribution in [-0.2, 0) is 9.59 Å². The third kappa shape index (κ3) is 1.68. The molecule has 15 heavy (non-hydrogen) atoms. The van der Waals surface area contributed by atoms with Crippen molar-refractivity contribution < 1.29 is 14.7 Å². The lowest BCUT2D eigenvalue weighted by Gasteiger charge is -2.19. The number of aliphatic carboxylic acids is 1. The van der Waals surface area contributed by atoms with Crippen molar-refractivity contribution in [3.8, 4) is 0 Å². The predicted molar refractivity (Wildman–Crippen MR) is 52.4 cm³/mol. The molecule has 1 aromatic heterocycles. The Morgan fingerprint density at radius 3 is 2.93 bits per heavy atom. The van der Waals surface area contributed by atoms with E-state index >= 15 is 0 Å². The number of hydrogen-bond donors (Lipinski definition) is 1. The van der Waals surface area contributed by atoms with E-state index in [1.165, 1.54) is 4.90 Å². The van der Waals surface area contributed by atoms with E-state index in [1.54, 1.807) is 24.4 Å². The lowest BCUT2D eigenvalue weighted by atomic mass is 10.2. The highest BCUT2D eigenvalue weighted by molar-refractivity contribution is 6.01. The second kappa shape index (κ2) is 3.68. The number of hydrogen-bond acceptors (Lipinski definition) is 3. The average Bonchev–Trinajstić information content (AvgIpc) is 2.61. The summed E-state index contributed by atoms with van der Waals surface area (Å²) in [5, 5.41) is 8.94. The molecule has 0 spiro atoms. The lowest BCUT2D eigenvalue weighted by Crippen LogP contribution is -2.39. The van der Waals surface area contributed by atoms with E-state index in [4.69, 9.17) is 5.11 Å². The fourth-order valence-corrected chi connectivity index (χ4v) is 1.70. The van der Waals surface area contributed by atoms with Crippen molar-refractivity contribution >= 4 is 17.7 Å². The van der Waals surface area contributed by atoms with Gasteiger partial charge in [0, 0.05) is 12.6 Å². The van der Waals surface area contributed by atoms with Crippen LogP contribution in [0.1, 0.15) is 12.8 Å². The normalized spacial score (nSPS) is 20.7. The molecule has 0 unspecified atom stereocenters. The Balaban J connectivity index is 2.33. The summed E-state index contributed by atoms with van der Waals surface area (Å²) in [6.45, 7) is 0. The maximum Gasteiger partial charge on any atom is 0.326 e. The predicted octanol–water partition coefficient (Wildman–Crippen LogP) is 0.662. The Kier molecular flexibility index (Phi) is 2.37. The Bertz CT molecular complexity index is 391. The van der Waals surface area contributed by atoms with Crippen LogP contribution >= 0.6 is 0 Å². The Morgan fingerprint density at radius 2 is 2.33 bits per heavy atom. The van der Waals surface area contributed by atoms with Crippen LogP contribution in [0, 0.1) is 0 Å². The summed E-state index contributed by atoms with van der Waals surface area (Å²) in [5.41, 5.74) is 0. The van der Waals surface area contributed by atoms with Gasteiger partial charge in [-0.15, -0.1) is 0 Å². The van der Waals surface area contributed by atoms with Crippen molar-refractivity contribution in [2.75, 3.05) is 4.90 Å². The van der Waals surface area contributed by atoms with Crippen molar-refractivity contribution in [2.24, 2.45) is 0 Å². The number of amides is 1. The molecular formula is C10H10N2O3. The summed E-state index contributed by atoms with van der Waals surface area (Å²) in [6.07, 6.45) is 2.16. The van der Waals surface area contributed by atoms with Crippen LogP contribution in [0.5, 0.6) is 0 Å². The summed E-state index contributed by atoms with van der Waals surface area (Å²) in [6, 6.07) is 4.32. The number of carbonyl (C=O) groups excluding carboxylic acids is 1. The van der Waals surface area contributed by atoms with Gasteiger partial charge in [0.25, 0.3) is 0 Å². The SMILES string of the molecule is O=C(O)[C@H]1CCC(=O)N1c1ccccn1. The third-order valence-electron chi connectivity index (χ3n) is 2.39. The summed E-state index contributed by atoms with van der Waals surface area (Å²) in [4.78, 5) is 27.7. The molecule has 78 valence electrons. The van der Waals surface area contributed by atoms with Crippen LogP contribution in [-0.4, -0.2) is 28.0 Å². The van der Waals surface area contributed by atoms with Crippen molar-refractivity contribution in [3.05, 3.63) is 24.4 Å². The second-order valence-corrected chi connectivity index (χ2v) is 3.34. The number of carboxylic acid groups (broad SMARTS) is 1. The van der Waals surface area contributed by atoms with Gasteiger partial charge >= 0.3 is 5.97 Å². The number of rotatable bonds is 2. The van der Waals surface area contributed by atoms with Crippen molar-refractivity contribution in [1.29, 1.82) is 0 Å². The zero-order valence-corrected chi connectivity index (χ0v) is 7.96. The summed E-state index contributed by atoms with van der Waals surface area (Å²) >= 11 is 0. The van der Waals surface area contributed by atoms with Gasteiger partial charge in [-0.25, -0.2) is 9.78 Å². The smallest absolute Gasteiger partial charge is 0.326 e. The first-order chi connectivity index (χ1) is 7.20. The molecule has 1 saturated heterocycles. The molecule has 0 bridgehead atoms. The fourth-order valence-electron chi connectivity index (χ4n) is 1.70. The zero-order chi connectivity index (χ0) is 10.8. The van der Waals surface area contributed by atoms with Crippen molar-refractivity contribution in [3.63, 3.8) is 0 Å². The molecule has 0 saturated carbocycles. The van der Waals surface area contributed by atoms with Crippen LogP contribution in [0.4, 0.5) is 5.82 Å². The van der Waals surface area contributed by atoms with E-state index in [-0.39, 0.29) is 12.3 Å². The molecule has 0 aromatic carbocycles. The van der Waals surface area contributed by atoms with E-state index in [2.05, 4.69) is 4.98 Å². The van der Waals surface area contributed by atoms with Gasteiger partial charge in [-0.05, 0) is 18.6 Å². The fraction of sp³-hybridized carbons (Fsp3) is 0.300. The minimum atomic E-state index is -0.980. The second-order valence-electron chi connectivity index (χ2n) is 3.34. The van der Waals surface area contributed by atoms with Gasteiger partial charge in [-0.2, -0.15) is 0 Å². The largest absolute Gasteiger partial charge is 0.480 e. The van der Waals surface area contributed by atoms with Crippen molar-refractivity contribution in [2.45, 2.75) is 18.9 Å². The lowest BCUT2D eigenvalue weighted by molar-refractivity contribution is -0.138. The molecule has 1 atom stereocenters. The monoisotopic (exact) mass is 206 g/mol. The number of carboxylic acids is 1. The number of anilines is 1. The van der Waals surface area contributed by atoms with Gasteiger partial charge in [0.15, 0.2) is 0 Å². The van der Waals surface area contributed by atoms with Crippen LogP contribution in [0.15, 0.2) is 24.4 Å². The maximum absolute atomic E-state index is 11.5. The number of aromatic nitrogens is 1. The first-order valence-electron chi connectivity index (χ1n) is 4.66. The minimum Gasteiger partial charge on any atom is -0.480 e. The number of pyridine rings is 1. The van der Waals surface area contributed by atoms with Crippen LogP contribution < -0.4 is 4.90 Å². The Labute approximate surface area is 86.3 Å². The molecule has 5 heteroatoms. The first-order valence-corrected chi connectivity index (χ1v) is 4.66. The number of carbonyl (C=O) groups is 2. The molecule has 1 amide bonds. The van der Waals surface area contributed by atoms with E-state index in [0.717, 1.165) is 0 Å². The summed E-state index contributed by atoms with van der Waals surface area (Å²) < 4.78 is 0. The highest BCUT2D eigenvalue weighted by atomic mass is 16.4. The third-order valence-corrected chi connectivity index (χ3v) is 2.39. The van der Waals surface area contributed by atoms with Crippen molar-refractivity contribution in [1.82, 2.24) is 4.98 Å². The summed E-state index contributed by atoms with van der Waals surface area (Å²) in [7, 11) is 0. The van der Waals surface area contributed by atoms with E-state index < -0.39 is 12.0 Å². The molecule has 2 rings (SSSR count). The molecule has 1 aliphatic rings. The molecular weight excluding hydrogens is 196 g/mol. The van der Waals surface area contributed by atoms with Gasteiger partial charge in [-0.3, -0.25) is 9.69 Å². The molecule has 5 nitrogen and oxygen atoms in total. The van der Waals surface area contributed by atoms with Crippen LogP contribution in [0.3, 0.4) is 0 Å². The minimum absolute atomic E-state index is 0.180. The van der Waals surface area contributed by atoms with E-state index in [0.29, 0.717) is 12.2 Å². The Morgan fingerprint density at radius 1 is 1.53 bits per heavy atom. The van der Waals surface area contributed by atoms with Gasteiger partial charge in [0.05, 0.1) is 0 Å². The van der Waals surface area contributed by atoms with E-state index in [1.807, 2.05) is 0 Å².